The minimum Gasteiger partial charge on any atom is -0.348 e. The predicted molar refractivity (Wildman–Crippen MR) is 118 cm³/mol. The lowest BCUT2D eigenvalue weighted by Gasteiger charge is -2.10. The standard InChI is InChI=1S/C25H23N3O2/c1-3-24(29)28-12-10-21-14-22(17(2)13-23(21)28)19-6-8-20(9-7-19)25(30)27-16-18-5-4-11-26-15-18/h4-15H,3,16H2,1-2H3,(H,27,30). The maximum atomic E-state index is 12.4. The summed E-state index contributed by atoms with van der Waals surface area (Å²) in [6, 6.07) is 17.5. The Morgan fingerprint density at radius 3 is 2.57 bits per heavy atom. The Kier molecular flexibility index (Phi) is 5.44. The fourth-order valence-corrected chi connectivity index (χ4v) is 3.57. The Hall–Kier alpha value is -3.73. The van der Waals surface area contributed by atoms with Crippen molar-refractivity contribution in [2.45, 2.75) is 26.8 Å². The zero-order valence-electron chi connectivity index (χ0n) is 17.1. The van der Waals surface area contributed by atoms with Gasteiger partial charge in [-0.05, 0) is 65.6 Å². The minimum atomic E-state index is -0.118. The molecular formula is C25H23N3O2. The molecule has 1 N–H and O–H groups in total. The number of pyridine rings is 1. The molecule has 1 amide bonds. The number of hydrogen-bond acceptors (Lipinski definition) is 3. The molecule has 0 aliphatic carbocycles. The van der Waals surface area contributed by atoms with Crippen molar-refractivity contribution in [3.8, 4) is 11.1 Å². The monoisotopic (exact) mass is 397 g/mol. The molecule has 30 heavy (non-hydrogen) atoms. The van der Waals surface area contributed by atoms with Crippen LogP contribution in [0.15, 0.2) is 73.2 Å². The molecule has 2 aromatic heterocycles. The van der Waals surface area contributed by atoms with Crippen molar-refractivity contribution in [1.82, 2.24) is 14.9 Å². The van der Waals surface area contributed by atoms with Crippen LogP contribution in [-0.2, 0) is 6.54 Å². The second kappa shape index (κ2) is 8.33. The fourth-order valence-electron chi connectivity index (χ4n) is 3.57. The van der Waals surface area contributed by atoms with Crippen LogP contribution in [0.5, 0.6) is 0 Å². The lowest BCUT2D eigenvalue weighted by molar-refractivity contribution is 0.0912. The van der Waals surface area contributed by atoms with Crippen molar-refractivity contribution < 1.29 is 9.59 Å². The summed E-state index contributed by atoms with van der Waals surface area (Å²) in [4.78, 5) is 28.6. The van der Waals surface area contributed by atoms with Crippen LogP contribution < -0.4 is 5.32 Å². The van der Waals surface area contributed by atoms with Gasteiger partial charge in [0, 0.05) is 42.5 Å². The average Bonchev–Trinajstić information content (AvgIpc) is 3.20. The SMILES string of the molecule is CCC(=O)n1ccc2cc(-c3ccc(C(=O)NCc4cccnc4)cc3)c(C)cc21. The number of fused-ring (bicyclic) bond motifs is 1. The molecule has 0 spiro atoms. The van der Waals surface area contributed by atoms with Gasteiger partial charge in [0.15, 0.2) is 0 Å². The third-order valence-electron chi connectivity index (χ3n) is 5.24. The number of carbonyl (C=O) groups excluding carboxylic acids is 2. The molecule has 0 atom stereocenters. The maximum Gasteiger partial charge on any atom is 0.251 e. The van der Waals surface area contributed by atoms with Crippen LogP contribution in [0.4, 0.5) is 0 Å². The van der Waals surface area contributed by atoms with Crippen molar-refractivity contribution in [3.05, 3.63) is 89.9 Å². The van der Waals surface area contributed by atoms with E-state index in [1.54, 1.807) is 17.0 Å². The summed E-state index contributed by atoms with van der Waals surface area (Å²) in [5.41, 5.74) is 5.70. The van der Waals surface area contributed by atoms with Crippen LogP contribution in [0.2, 0.25) is 0 Å². The quantitative estimate of drug-likeness (QED) is 0.516. The molecule has 0 radical (unpaired) electrons. The largest absolute Gasteiger partial charge is 0.348 e. The predicted octanol–water partition coefficient (Wildman–Crippen LogP) is 4.99. The second-order valence-corrected chi connectivity index (χ2v) is 7.28. The van der Waals surface area contributed by atoms with Gasteiger partial charge in [-0.2, -0.15) is 0 Å². The topological polar surface area (TPSA) is 64.0 Å². The van der Waals surface area contributed by atoms with E-state index in [0.717, 1.165) is 33.2 Å². The molecule has 0 bridgehead atoms. The minimum absolute atomic E-state index is 0.0822. The van der Waals surface area contributed by atoms with E-state index < -0.39 is 0 Å². The lowest BCUT2D eigenvalue weighted by Crippen LogP contribution is -2.22. The van der Waals surface area contributed by atoms with Crippen molar-refractivity contribution in [1.29, 1.82) is 0 Å². The summed E-state index contributed by atoms with van der Waals surface area (Å²) < 4.78 is 1.71. The first-order chi connectivity index (χ1) is 14.6. The van der Waals surface area contributed by atoms with Crippen molar-refractivity contribution in [2.75, 3.05) is 0 Å². The average molecular weight is 397 g/mol. The third-order valence-corrected chi connectivity index (χ3v) is 5.24. The van der Waals surface area contributed by atoms with Crippen LogP contribution >= 0.6 is 0 Å². The van der Waals surface area contributed by atoms with Gasteiger partial charge >= 0.3 is 0 Å². The fraction of sp³-hybridized carbons (Fsp3) is 0.160. The first kappa shape index (κ1) is 19.6. The van der Waals surface area contributed by atoms with E-state index in [1.807, 2.05) is 68.6 Å². The van der Waals surface area contributed by atoms with Crippen LogP contribution in [0.1, 0.15) is 39.6 Å². The Morgan fingerprint density at radius 1 is 1.07 bits per heavy atom. The molecular weight excluding hydrogens is 374 g/mol. The number of amides is 1. The summed E-state index contributed by atoms with van der Waals surface area (Å²) in [6.07, 6.45) is 5.74. The molecule has 4 aromatic rings. The van der Waals surface area contributed by atoms with E-state index >= 15 is 0 Å². The molecule has 5 heteroatoms. The van der Waals surface area contributed by atoms with Crippen LogP contribution in [0.25, 0.3) is 22.0 Å². The molecule has 0 saturated carbocycles. The summed E-state index contributed by atoms with van der Waals surface area (Å²) in [5, 5.41) is 3.94. The molecule has 2 heterocycles. The van der Waals surface area contributed by atoms with Crippen LogP contribution in [0, 0.1) is 6.92 Å². The van der Waals surface area contributed by atoms with E-state index in [4.69, 9.17) is 0 Å². The number of nitrogens with zero attached hydrogens (tertiary/aromatic N) is 2. The lowest BCUT2D eigenvalue weighted by atomic mass is 9.97. The summed E-state index contributed by atoms with van der Waals surface area (Å²) in [7, 11) is 0. The van der Waals surface area contributed by atoms with Gasteiger partial charge in [0.1, 0.15) is 0 Å². The molecule has 0 aliphatic rings. The van der Waals surface area contributed by atoms with E-state index in [-0.39, 0.29) is 11.8 Å². The Labute approximate surface area is 175 Å². The van der Waals surface area contributed by atoms with Crippen LogP contribution in [-0.4, -0.2) is 21.4 Å². The van der Waals surface area contributed by atoms with Crippen LogP contribution in [0.3, 0.4) is 0 Å². The summed E-state index contributed by atoms with van der Waals surface area (Å²) >= 11 is 0. The van der Waals surface area contributed by atoms with Gasteiger partial charge in [-0.15, -0.1) is 0 Å². The highest BCUT2D eigenvalue weighted by Crippen LogP contribution is 2.29. The van der Waals surface area contributed by atoms with Gasteiger partial charge in [-0.25, -0.2) is 0 Å². The van der Waals surface area contributed by atoms with Crippen molar-refractivity contribution >= 4 is 22.7 Å². The number of rotatable bonds is 5. The molecule has 150 valence electrons. The number of aryl methyl sites for hydroxylation is 1. The Morgan fingerprint density at radius 2 is 1.87 bits per heavy atom. The van der Waals surface area contributed by atoms with Crippen molar-refractivity contribution in [2.24, 2.45) is 0 Å². The van der Waals surface area contributed by atoms with E-state index in [9.17, 15) is 9.59 Å². The van der Waals surface area contributed by atoms with Gasteiger partial charge in [0.25, 0.3) is 5.91 Å². The highest BCUT2D eigenvalue weighted by molar-refractivity contribution is 5.96. The number of carbonyl (C=O) groups is 2. The summed E-state index contributed by atoms with van der Waals surface area (Å²) in [5.74, 6) is -0.0356. The highest BCUT2D eigenvalue weighted by atomic mass is 16.2. The highest BCUT2D eigenvalue weighted by Gasteiger charge is 2.12. The smallest absolute Gasteiger partial charge is 0.251 e. The van der Waals surface area contributed by atoms with E-state index in [0.29, 0.717) is 18.5 Å². The Bertz CT molecular complexity index is 1210. The maximum absolute atomic E-state index is 12.4. The van der Waals surface area contributed by atoms with Gasteiger partial charge in [-0.3, -0.25) is 19.1 Å². The molecule has 4 rings (SSSR count). The summed E-state index contributed by atoms with van der Waals surface area (Å²) in [6.45, 7) is 4.35. The molecule has 0 unspecified atom stereocenters. The number of benzene rings is 2. The zero-order chi connectivity index (χ0) is 21.1. The second-order valence-electron chi connectivity index (χ2n) is 7.28. The zero-order valence-corrected chi connectivity index (χ0v) is 17.1. The molecule has 0 aliphatic heterocycles. The number of nitrogens with one attached hydrogen (secondary N) is 1. The first-order valence-corrected chi connectivity index (χ1v) is 9.99. The van der Waals surface area contributed by atoms with Gasteiger partial charge < -0.3 is 5.32 Å². The van der Waals surface area contributed by atoms with E-state index in [1.165, 1.54) is 0 Å². The van der Waals surface area contributed by atoms with Gasteiger partial charge in [-0.1, -0.05) is 25.1 Å². The third kappa shape index (κ3) is 3.87. The normalized spacial score (nSPS) is 10.9. The van der Waals surface area contributed by atoms with Gasteiger partial charge in [0.2, 0.25) is 5.91 Å². The molecule has 0 saturated heterocycles. The van der Waals surface area contributed by atoms with Crippen molar-refractivity contribution in [3.63, 3.8) is 0 Å². The van der Waals surface area contributed by atoms with E-state index in [2.05, 4.69) is 16.4 Å². The molecule has 0 fully saturated rings. The van der Waals surface area contributed by atoms with Gasteiger partial charge in [0.05, 0.1) is 5.52 Å². The molecule has 5 nitrogen and oxygen atoms in total. The number of aromatic nitrogens is 2. The molecule has 2 aromatic carbocycles. The first-order valence-electron chi connectivity index (χ1n) is 9.99. The number of hydrogen-bond donors (Lipinski definition) is 1. The Balaban J connectivity index is 1.55.